The second kappa shape index (κ2) is 7.22. The van der Waals surface area contributed by atoms with Crippen LogP contribution in [0.1, 0.15) is 30.8 Å². The Morgan fingerprint density at radius 2 is 2.14 bits per heavy atom. The van der Waals surface area contributed by atoms with Gasteiger partial charge in [-0.15, -0.1) is 0 Å². The van der Waals surface area contributed by atoms with Gasteiger partial charge in [0, 0.05) is 19.2 Å². The molecule has 21 heavy (non-hydrogen) atoms. The largest absolute Gasteiger partial charge is 0.485 e. The van der Waals surface area contributed by atoms with Crippen LogP contribution in [0.15, 0.2) is 24.5 Å². The maximum Gasteiger partial charge on any atom is 0.164 e. The van der Waals surface area contributed by atoms with E-state index in [1.54, 1.807) is 11.0 Å². The lowest BCUT2D eigenvalue weighted by Gasteiger charge is -2.15. The second-order valence-electron chi connectivity index (χ2n) is 5.68. The smallest absolute Gasteiger partial charge is 0.164 e. The van der Waals surface area contributed by atoms with Crippen molar-refractivity contribution in [3.8, 4) is 5.75 Å². The molecule has 0 atom stereocenters. The van der Waals surface area contributed by atoms with Gasteiger partial charge in [0.1, 0.15) is 18.7 Å². The normalized spacial score (nSPS) is 11.1. The molecule has 1 N–H and O–H groups in total. The van der Waals surface area contributed by atoms with Gasteiger partial charge in [0.15, 0.2) is 5.82 Å². The SMILES string of the molecule is Cc1cccc(CNCC(C)C)c1OCc1ncnn1C. The van der Waals surface area contributed by atoms with Gasteiger partial charge >= 0.3 is 0 Å². The topological polar surface area (TPSA) is 52.0 Å². The third kappa shape index (κ3) is 4.29. The molecule has 5 nitrogen and oxygen atoms in total. The summed E-state index contributed by atoms with van der Waals surface area (Å²) in [6, 6.07) is 6.24. The zero-order valence-electron chi connectivity index (χ0n) is 13.3. The van der Waals surface area contributed by atoms with Crippen molar-refractivity contribution in [3.63, 3.8) is 0 Å². The van der Waals surface area contributed by atoms with Crippen LogP contribution in [0.4, 0.5) is 0 Å². The van der Waals surface area contributed by atoms with Gasteiger partial charge in [0.2, 0.25) is 0 Å². The predicted octanol–water partition coefficient (Wildman–Crippen LogP) is 2.45. The van der Waals surface area contributed by atoms with Crippen LogP contribution in [-0.2, 0) is 20.2 Å². The number of nitrogens with one attached hydrogen (secondary N) is 1. The molecular formula is C16H24N4O. The Morgan fingerprint density at radius 1 is 1.33 bits per heavy atom. The highest BCUT2D eigenvalue weighted by atomic mass is 16.5. The second-order valence-corrected chi connectivity index (χ2v) is 5.68. The average Bonchev–Trinajstić information content (AvgIpc) is 2.83. The zero-order valence-corrected chi connectivity index (χ0v) is 13.3. The molecule has 2 rings (SSSR count). The van der Waals surface area contributed by atoms with Crippen molar-refractivity contribution >= 4 is 0 Å². The van der Waals surface area contributed by atoms with Crippen LogP contribution in [0, 0.1) is 12.8 Å². The lowest BCUT2D eigenvalue weighted by Crippen LogP contribution is -2.19. The fourth-order valence-corrected chi connectivity index (χ4v) is 2.14. The monoisotopic (exact) mass is 288 g/mol. The van der Waals surface area contributed by atoms with E-state index in [4.69, 9.17) is 4.74 Å². The van der Waals surface area contributed by atoms with Gasteiger partial charge < -0.3 is 10.1 Å². The average molecular weight is 288 g/mol. The fourth-order valence-electron chi connectivity index (χ4n) is 2.14. The molecule has 1 aromatic carbocycles. The molecule has 0 radical (unpaired) electrons. The van der Waals surface area contributed by atoms with Crippen molar-refractivity contribution in [2.24, 2.45) is 13.0 Å². The molecule has 0 unspecified atom stereocenters. The highest BCUT2D eigenvalue weighted by molar-refractivity contribution is 5.40. The van der Waals surface area contributed by atoms with Gasteiger partial charge in [-0.2, -0.15) is 5.10 Å². The molecule has 0 aliphatic carbocycles. The highest BCUT2D eigenvalue weighted by Gasteiger charge is 2.09. The van der Waals surface area contributed by atoms with Crippen LogP contribution in [0.5, 0.6) is 5.75 Å². The molecule has 1 aromatic heterocycles. The summed E-state index contributed by atoms with van der Waals surface area (Å²) in [7, 11) is 1.87. The molecule has 1 heterocycles. The number of benzene rings is 1. The minimum Gasteiger partial charge on any atom is -0.485 e. The van der Waals surface area contributed by atoms with E-state index < -0.39 is 0 Å². The summed E-state index contributed by atoms with van der Waals surface area (Å²) >= 11 is 0. The van der Waals surface area contributed by atoms with E-state index in [1.807, 2.05) is 7.05 Å². The summed E-state index contributed by atoms with van der Waals surface area (Å²) in [6.45, 7) is 8.71. The third-order valence-electron chi connectivity index (χ3n) is 3.31. The highest BCUT2D eigenvalue weighted by Crippen LogP contribution is 2.24. The first-order chi connectivity index (χ1) is 10.1. The van der Waals surface area contributed by atoms with Crippen LogP contribution in [-0.4, -0.2) is 21.3 Å². The first kappa shape index (κ1) is 15.5. The lowest BCUT2D eigenvalue weighted by atomic mass is 10.1. The first-order valence-corrected chi connectivity index (χ1v) is 7.32. The summed E-state index contributed by atoms with van der Waals surface area (Å²) in [6.07, 6.45) is 1.54. The predicted molar refractivity (Wildman–Crippen MR) is 83.1 cm³/mol. The van der Waals surface area contributed by atoms with Crippen LogP contribution < -0.4 is 10.1 Å². The molecule has 0 saturated carbocycles. The standard InChI is InChI=1S/C16H24N4O/c1-12(2)8-17-9-14-7-5-6-13(3)16(14)21-10-15-18-11-19-20(15)4/h5-7,11-12,17H,8-10H2,1-4H3. The van der Waals surface area contributed by atoms with Crippen molar-refractivity contribution < 1.29 is 4.74 Å². The van der Waals surface area contributed by atoms with Gasteiger partial charge in [-0.25, -0.2) is 4.98 Å². The number of nitrogens with zero attached hydrogens (tertiary/aromatic N) is 3. The maximum absolute atomic E-state index is 5.99. The number of ether oxygens (including phenoxy) is 1. The van der Waals surface area contributed by atoms with E-state index >= 15 is 0 Å². The molecule has 0 spiro atoms. The van der Waals surface area contributed by atoms with E-state index in [0.717, 1.165) is 30.2 Å². The van der Waals surface area contributed by atoms with E-state index in [2.05, 4.69) is 54.4 Å². The summed E-state index contributed by atoms with van der Waals surface area (Å²) < 4.78 is 7.72. The molecular weight excluding hydrogens is 264 g/mol. The number of para-hydroxylation sites is 1. The van der Waals surface area contributed by atoms with Gasteiger partial charge in [-0.1, -0.05) is 32.0 Å². The molecule has 0 amide bonds. The quantitative estimate of drug-likeness (QED) is 0.850. The number of rotatable bonds is 7. The summed E-state index contributed by atoms with van der Waals surface area (Å²) in [5.74, 6) is 2.40. The summed E-state index contributed by atoms with van der Waals surface area (Å²) in [5, 5.41) is 7.52. The number of hydrogen-bond donors (Lipinski definition) is 1. The molecule has 0 aliphatic heterocycles. The van der Waals surface area contributed by atoms with E-state index in [0.29, 0.717) is 12.5 Å². The minimum absolute atomic E-state index is 0.429. The Morgan fingerprint density at radius 3 is 2.81 bits per heavy atom. The van der Waals surface area contributed by atoms with E-state index in [1.165, 1.54) is 5.56 Å². The van der Waals surface area contributed by atoms with Crippen molar-refractivity contribution in [2.45, 2.75) is 33.9 Å². The van der Waals surface area contributed by atoms with E-state index in [9.17, 15) is 0 Å². The zero-order chi connectivity index (χ0) is 15.2. The van der Waals surface area contributed by atoms with Gasteiger partial charge in [-0.3, -0.25) is 4.68 Å². The Kier molecular flexibility index (Phi) is 5.33. The van der Waals surface area contributed by atoms with Crippen LogP contribution in [0.3, 0.4) is 0 Å². The molecule has 0 saturated heterocycles. The molecule has 5 heteroatoms. The Bertz CT molecular complexity index is 577. The Balaban J connectivity index is 2.05. The molecule has 114 valence electrons. The lowest BCUT2D eigenvalue weighted by molar-refractivity contribution is 0.284. The summed E-state index contributed by atoms with van der Waals surface area (Å²) in [4.78, 5) is 4.19. The first-order valence-electron chi connectivity index (χ1n) is 7.32. The van der Waals surface area contributed by atoms with Gasteiger partial charge in [-0.05, 0) is 24.9 Å². The van der Waals surface area contributed by atoms with Crippen molar-refractivity contribution in [3.05, 3.63) is 41.5 Å². The van der Waals surface area contributed by atoms with Gasteiger partial charge in [0.25, 0.3) is 0 Å². The molecule has 2 aromatic rings. The molecule has 0 aliphatic rings. The van der Waals surface area contributed by atoms with Crippen LogP contribution in [0.2, 0.25) is 0 Å². The van der Waals surface area contributed by atoms with Crippen molar-refractivity contribution in [2.75, 3.05) is 6.54 Å². The van der Waals surface area contributed by atoms with Crippen LogP contribution in [0.25, 0.3) is 0 Å². The molecule has 0 fully saturated rings. The van der Waals surface area contributed by atoms with Crippen molar-refractivity contribution in [1.82, 2.24) is 20.1 Å². The fraction of sp³-hybridized carbons (Fsp3) is 0.500. The van der Waals surface area contributed by atoms with Crippen LogP contribution >= 0.6 is 0 Å². The number of aromatic nitrogens is 3. The Labute approximate surface area is 126 Å². The van der Waals surface area contributed by atoms with E-state index in [-0.39, 0.29) is 0 Å². The number of hydrogen-bond acceptors (Lipinski definition) is 4. The summed E-state index contributed by atoms with van der Waals surface area (Å²) in [5.41, 5.74) is 2.32. The van der Waals surface area contributed by atoms with Gasteiger partial charge in [0.05, 0.1) is 0 Å². The Hall–Kier alpha value is -1.88. The van der Waals surface area contributed by atoms with Crippen molar-refractivity contribution in [1.29, 1.82) is 0 Å². The molecule has 0 bridgehead atoms. The maximum atomic E-state index is 5.99. The third-order valence-corrected chi connectivity index (χ3v) is 3.31. The number of aryl methyl sites for hydroxylation is 2. The minimum atomic E-state index is 0.429.